The van der Waals surface area contributed by atoms with Crippen molar-refractivity contribution in [3.8, 4) is 5.75 Å². The van der Waals surface area contributed by atoms with E-state index in [0.29, 0.717) is 36.7 Å². The summed E-state index contributed by atoms with van der Waals surface area (Å²) in [6.45, 7) is 5.12. The molecule has 4 heterocycles. The van der Waals surface area contributed by atoms with Gasteiger partial charge in [0.2, 0.25) is 0 Å². The molecule has 1 fully saturated rings. The van der Waals surface area contributed by atoms with Gasteiger partial charge in [0, 0.05) is 37.1 Å². The second-order valence-electron chi connectivity index (χ2n) is 7.82. The molecule has 0 N–H and O–H groups in total. The third kappa shape index (κ3) is 4.98. The minimum absolute atomic E-state index is 0. The number of hydrogen-bond donors (Lipinski definition) is 0. The average molecular weight is 447 g/mol. The Balaban J connectivity index is 0.00000272. The monoisotopic (exact) mass is 446 g/mol. The minimum atomic E-state index is -0.345. The molecule has 31 heavy (non-hydrogen) atoms. The van der Waals surface area contributed by atoms with Crippen molar-refractivity contribution in [2.24, 2.45) is 0 Å². The predicted molar refractivity (Wildman–Crippen MR) is 120 cm³/mol. The summed E-state index contributed by atoms with van der Waals surface area (Å²) in [4.78, 5) is 24.3. The fourth-order valence-electron chi connectivity index (χ4n) is 4.01. The molecule has 8 heteroatoms. The number of nitrogens with zero attached hydrogens (tertiary/aromatic N) is 4. The van der Waals surface area contributed by atoms with E-state index < -0.39 is 0 Å². The molecule has 166 valence electrons. The predicted octanol–water partition coefficient (Wildman–Crippen LogP) is 4.62. The molecule has 0 saturated carbocycles. The van der Waals surface area contributed by atoms with Crippen molar-refractivity contribution in [3.05, 3.63) is 59.6 Å². The third-order valence-corrected chi connectivity index (χ3v) is 5.48. The summed E-state index contributed by atoms with van der Waals surface area (Å²) in [6.07, 6.45) is 7.97. The molecule has 4 rings (SSSR count). The van der Waals surface area contributed by atoms with Gasteiger partial charge >= 0.3 is 0 Å². The van der Waals surface area contributed by atoms with Crippen molar-refractivity contribution in [1.29, 1.82) is 0 Å². The maximum atomic E-state index is 14.0. The molecule has 6 nitrogen and oxygen atoms in total. The lowest BCUT2D eigenvalue weighted by Crippen LogP contribution is -2.45. The summed E-state index contributed by atoms with van der Waals surface area (Å²) in [5.41, 5.74) is 2.25. The number of pyridine rings is 2. The van der Waals surface area contributed by atoms with Gasteiger partial charge in [-0.05, 0) is 56.9 Å². The quantitative estimate of drug-likeness (QED) is 0.554. The number of hydrogen-bond acceptors (Lipinski definition) is 4. The van der Waals surface area contributed by atoms with Gasteiger partial charge in [-0.15, -0.1) is 12.4 Å². The van der Waals surface area contributed by atoms with Crippen molar-refractivity contribution in [2.75, 3.05) is 13.2 Å². The number of rotatable bonds is 6. The molecule has 0 radical (unpaired) electrons. The van der Waals surface area contributed by atoms with E-state index in [4.69, 9.17) is 4.74 Å². The van der Waals surface area contributed by atoms with Crippen LogP contribution in [0.25, 0.3) is 5.65 Å². The molecule has 3 aromatic heterocycles. The molecule has 0 unspecified atom stereocenters. The number of piperidine rings is 1. The second kappa shape index (κ2) is 10.1. The average Bonchev–Trinajstić information content (AvgIpc) is 3.17. The Morgan fingerprint density at radius 3 is 2.87 bits per heavy atom. The number of ether oxygens (including phenoxy) is 1. The van der Waals surface area contributed by atoms with Gasteiger partial charge in [0.05, 0.1) is 12.3 Å². The SMILES string of the molecule is CCCOc1ccc(C)nc1C(=O)N1CCCC[C@H]1Cc1cn2cccc(F)c2n1.Cl. The van der Waals surface area contributed by atoms with Crippen molar-refractivity contribution in [3.63, 3.8) is 0 Å². The van der Waals surface area contributed by atoms with E-state index in [9.17, 15) is 9.18 Å². The Hall–Kier alpha value is -2.67. The van der Waals surface area contributed by atoms with Crippen LogP contribution in [0, 0.1) is 12.7 Å². The number of carbonyl (C=O) groups is 1. The summed E-state index contributed by atoms with van der Waals surface area (Å²) < 4.78 is 21.5. The summed E-state index contributed by atoms with van der Waals surface area (Å²) in [5, 5.41) is 0. The van der Waals surface area contributed by atoms with Crippen molar-refractivity contribution < 1.29 is 13.9 Å². The number of amides is 1. The second-order valence-corrected chi connectivity index (χ2v) is 7.82. The van der Waals surface area contributed by atoms with Crippen LogP contribution < -0.4 is 4.74 Å². The van der Waals surface area contributed by atoms with Crippen LogP contribution in [0.5, 0.6) is 5.75 Å². The number of carbonyl (C=O) groups excluding carboxylic acids is 1. The van der Waals surface area contributed by atoms with Crippen molar-refractivity contribution in [2.45, 2.75) is 52.0 Å². The largest absolute Gasteiger partial charge is 0.491 e. The van der Waals surface area contributed by atoms with E-state index in [1.54, 1.807) is 16.7 Å². The molecule has 0 bridgehead atoms. The first-order chi connectivity index (χ1) is 14.6. The van der Waals surface area contributed by atoms with Crippen LogP contribution in [-0.4, -0.2) is 44.4 Å². The zero-order valence-electron chi connectivity index (χ0n) is 17.9. The third-order valence-electron chi connectivity index (χ3n) is 5.48. The standard InChI is InChI=1S/C23H27FN4O2.ClH/c1-3-13-30-20-10-9-16(2)25-21(20)23(29)28-12-5-4-7-18(28)14-17-15-27-11-6-8-19(24)22(27)26-17;/h6,8-11,15,18H,3-5,7,12-14H2,1-2H3;1H/t18-;/m0./s1. The summed E-state index contributed by atoms with van der Waals surface area (Å²) in [6, 6.07) is 6.76. The van der Waals surface area contributed by atoms with Crippen molar-refractivity contribution in [1.82, 2.24) is 19.3 Å². The summed E-state index contributed by atoms with van der Waals surface area (Å²) >= 11 is 0. The zero-order valence-corrected chi connectivity index (χ0v) is 18.7. The first-order valence-corrected chi connectivity index (χ1v) is 10.6. The molecule has 0 aliphatic carbocycles. The number of imidazole rings is 1. The lowest BCUT2D eigenvalue weighted by atomic mass is 9.97. The molecule has 1 amide bonds. The van der Waals surface area contributed by atoms with E-state index in [2.05, 4.69) is 9.97 Å². The van der Waals surface area contributed by atoms with Gasteiger partial charge in [0.25, 0.3) is 5.91 Å². The molecule has 1 saturated heterocycles. The van der Waals surface area contributed by atoms with E-state index >= 15 is 0 Å². The number of halogens is 2. The molecule has 1 aliphatic rings. The van der Waals surface area contributed by atoms with Gasteiger partial charge in [-0.25, -0.2) is 14.4 Å². The maximum absolute atomic E-state index is 14.0. The first kappa shape index (κ1) is 23.0. The molecule has 0 spiro atoms. The Bertz CT molecular complexity index is 1060. The van der Waals surface area contributed by atoms with Gasteiger partial charge in [-0.1, -0.05) is 6.92 Å². The number of likely N-dealkylation sites (tertiary alicyclic amines) is 1. The van der Waals surface area contributed by atoms with Gasteiger partial charge in [0.15, 0.2) is 22.9 Å². The van der Waals surface area contributed by atoms with Gasteiger partial charge in [-0.3, -0.25) is 4.79 Å². The number of aromatic nitrogens is 3. The summed E-state index contributed by atoms with van der Waals surface area (Å²) in [7, 11) is 0. The highest BCUT2D eigenvalue weighted by molar-refractivity contribution is 5.95. The molecule has 0 aromatic carbocycles. The first-order valence-electron chi connectivity index (χ1n) is 10.6. The highest BCUT2D eigenvalue weighted by atomic mass is 35.5. The molecular weight excluding hydrogens is 419 g/mol. The number of fused-ring (bicyclic) bond motifs is 1. The highest BCUT2D eigenvalue weighted by Gasteiger charge is 2.31. The van der Waals surface area contributed by atoms with Gasteiger partial charge in [-0.2, -0.15) is 0 Å². The zero-order chi connectivity index (χ0) is 21.1. The van der Waals surface area contributed by atoms with Gasteiger partial charge < -0.3 is 14.0 Å². The van der Waals surface area contributed by atoms with Crippen LogP contribution >= 0.6 is 12.4 Å². The lowest BCUT2D eigenvalue weighted by molar-refractivity contribution is 0.0601. The lowest BCUT2D eigenvalue weighted by Gasteiger charge is -2.35. The molecule has 1 aliphatic heterocycles. The Labute approximate surface area is 187 Å². The van der Waals surface area contributed by atoms with E-state index in [-0.39, 0.29) is 30.2 Å². The Morgan fingerprint density at radius 1 is 1.26 bits per heavy atom. The number of aryl methyl sites for hydroxylation is 1. The van der Waals surface area contributed by atoms with E-state index in [1.807, 2.05) is 37.1 Å². The normalized spacial score (nSPS) is 16.2. The smallest absolute Gasteiger partial charge is 0.276 e. The Kier molecular flexibility index (Phi) is 7.49. The van der Waals surface area contributed by atoms with Crippen LogP contribution in [0.2, 0.25) is 0 Å². The van der Waals surface area contributed by atoms with Crippen LogP contribution in [0.4, 0.5) is 4.39 Å². The Morgan fingerprint density at radius 2 is 2.10 bits per heavy atom. The maximum Gasteiger partial charge on any atom is 0.276 e. The summed E-state index contributed by atoms with van der Waals surface area (Å²) in [5.74, 6) is 0.0815. The highest BCUT2D eigenvalue weighted by Crippen LogP contribution is 2.26. The molecule has 1 atom stereocenters. The fourth-order valence-corrected chi connectivity index (χ4v) is 4.01. The minimum Gasteiger partial charge on any atom is -0.491 e. The van der Waals surface area contributed by atoms with Gasteiger partial charge in [0.1, 0.15) is 0 Å². The van der Waals surface area contributed by atoms with Crippen LogP contribution in [0.3, 0.4) is 0 Å². The van der Waals surface area contributed by atoms with E-state index in [1.165, 1.54) is 6.07 Å². The fraction of sp³-hybridized carbons (Fsp3) is 0.435. The van der Waals surface area contributed by atoms with Crippen LogP contribution in [0.1, 0.15) is 54.5 Å². The van der Waals surface area contributed by atoms with Crippen LogP contribution in [0.15, 0.2) is 36.7 Å². The van der Waals surface area contributed by atoms with E-state index in [0.717, 1.165) is 37.1 Å². The van der Waals surface area contributed by atoms with Crippen LogP contribution in [-0.2, 0) is 6.42 Å². The molecule has 3 aromatic rings. The topological polar surface area (TPSA) is 59.7 Å². The molecular formula is C23H28ClFN4O2. The van der Waals surface area contributed by atoms with Crippen molar-refractivity contribution >= 4 is 24.0 Å².